The molecule has 2 nitrogen and oxygen atoms in total. The molecule has 0 rings (SSSR count). The number of hydrogen-bond donors (Lipinski definition) is 1. The van der Waals surface area contributed by atoms with Gasteiger partial charge in [0.15, 0.2) is 0 Å². The fourth-order valence-corrected chi connectivity index (χ4v) is 1.99. The van der Waals surface area contributed by atoms with Crippen LogP contribution in [-0.2, 0) is 37.5 Å². The number of aliphatic carboxylic acids is 1. The van der Waals surface area contributed by atoms with Gasteiger partial charge in [-0.3, -0.25) is 4.79 Å². The van der Waals surface area contributed by atoms with Crippen molar-refractivity contribution in [3.8, 4) is 0 Å². The second-order valence-corrected chi connectivity index (χ2v) is 5.02. The van der Waals surface area contributed by atoms with E-state index in [4.69, 9.17) is 5.11 Å². The van der Waals surface area contributed by atoms with Crippen molar-refractivity contribution in [2.45, 2.75) is 84.0 Å². The average molecular weight is 343 g/mol. The summed E-state index contributed by atoms with van der Waals surface area (Å²) >= 11 is 0. The Labute approximate surface area is 144 Å². The summed E-state index contributed by atoms with van der Waals surface area (Å²) < 4.78 is 0. The number of carbonyl (C=O) groups is 1. The van der Waals surface area contributed by atoms with Gasteiger partial charge in [0.25, 0.3) is 0 Å². The minimum absolute atomic E-state index is 0. The van der Waals surface area contributed by atoms with E-state index in [1.54, 1.807) is 0 Å². The van der Waals surface area contributed by atoms with E-state index in [0.717, 1.165) is 12.8 Å². The molecule has 0 aromatic carbocycles. The van der Waals surface area contributed by atoms with Gasteiger partial charge in [0.1, 0.15) is 0 Å². The van der Waals surface area contributed by atoms with Crippen molar-refractivity contribution in [2.24, 2.45) is 0 Å². The van der Waals surface area contributed by atoms with E-state index in [1.165, 1.54) is 57.8 Å². The molecule has 0 aliphatic rings. The number of allylic oxidation sites excluding steroid dienone is 2. The molecule has 1 N–H and O–H groups in total. The minimum atomic E-state index is -0.666. The predicted octanol–water partition coefficient (Wildman–Crippen LogP) is 5.33. The Kier molecular flexibility index (Phi) is 20.8. The molecule has 109 valence electrons. The molecule has 0 saturated carbocycles. The van der Waals surface area contributed by atoms with Gasteiger partial charge in [0.2, 0.25) is 0 Å². The first kappa shape index (κ1) is 21.6. The van der Waals surface area contributed by atoms with Crippen LogP contribution in [0.2, 0.25) is 0 Å². The quantitative estimate of drug-likeness (QED) is 0.363. The molecule has 0 aromatic heterocycles. The molecular formula is C16H30O2Y. The zero-order valence-electron chi connectivity index (χ0n) is 12.6. The number of rotatable bonds is 13. The number of unbranched alkanes of at least 4 members (excludes halogenated alkanes) is 9. The zero-order valence-corrected chi connectivity index (χ0v) is 15.4. The van der Waals surface area contributed by atoms with E-state index >= 15 is 0 Å². The first-order chi connectivity index (χ1) is 8.77. The Hall–Kier alpha value is 0.314. The number of hydrogen-bond acceptors (Lipinski definition) is 1. The summed E-state index contributed by atoms with van der Waals surface area (Å²) in [5.74, 6) is -0.666. The summed E-state index contributed by atoms with van der Waals surface area (Å²) in [7, 11) is 0. The van der Waals surface area contributed by atoms with Gasteiger partial charge in [-0.25, -0.2) is 0 Å². The van der Waals surface area contributed by atoms with Crippen LogP contribution >= 0.6 is 0 Å². The van der Waals surface area contributed by atoms with Crippen LogP contribution < -0.4 is 0 Å². The molecule has 3 heteroatoms. The van der Waals surface area contributed by atoms with E-state index in [9.17, 15) is 4.79 Å². The fraction of sp³-hybridized carbons (Fsp3) is 0.812. The first-order valence-electron chi connectivity index (χ1n) is 7.64. The Morgan fingerprint density at radius 3 is 1.84 bits per heavy atom. The Morgan fingerprint density at radius 2 is 1.32 bits per heavy atom. The van der Waals surface area contributed by atoms with Crippen LogP contribution in [0.15, 0.2) is 12.2 Å². The smallest absolute Gasteiger partial charge is 0.303 e. The molecule has 1 radical (unpaired) electrons. The first-order valence-corrected chi connectivity index (χ1v) is 7.64. The average Bonchev–Trinajstić information content (AvgIpc) is 2.34. The van der Waals surface area contributed by atoms with Gasteiger partial charge < -0.3 is 5.11 Å². The third-order valence-corrected chi connectivity index (χ3v) is 3.15. The molecule has 0 atom stereocenters. The summed E-state index contributed by atoms with van der Waals surface area (Å²) in [6.45, 7) is 2.24. The van der Waals surface area contributed by atoms with Gasteiger partial charge in [0.05, 0.1) is 0 Å². The number of carboxylic acid groups (broad SMARTS) is 1. The Bertz CT molecular complexity index is 215. The maximum atomic E-state index is 10.3. The molecule has 19 heavy (non-hydrogen) atoms. The van der Waals surface area contributed by atoms with Crippen molar-refractivity contribution >= 4 is 5.97 Å². The van der Waals surface area contributed by atoms with E-state index in [1.807, 2.05) is 0 Å². The molecule has 0 unspecified atom stereocenters. The molecule has 0 heterocycles. The van der Waals surface area contributed by atoms with Crippen LogP contribution in [0.3, 0.4) is 0 Å². The van der Waals surface area contributed by atoms with Crippen LogP contribution in [0.4, 0.5) is 0 Å². The second-order valence-electron chi connectivity index (χ2n) is 5.02. The molecule has 0 bridgehead atoms. The van der Waals surface area contributed by atoms with E-state index in [0.29, 0.717) is 6.42 Å². The van der Waals surface area contributed by atoms with Crippen molar-refractivity contribution in [2.75, 3.05) is 0 Å². The van der Waals surface area contributed by atoms with Gasteiger partial charge in [-0.2, -0.15) is 0 Å². The Morgan fingerprint density at radius 1 is 0.842 bits per heavy atom. The van der Waals surface area contributed by atoms with Crippen LogP contribution in [0.25, 0.3) is 0 Å². The van der Waals surface area contributed by atoms with Crippen molar-refractivity contribution in [1.82, 2.24) is 0 Å². The van der Waals surface area contributed by atoms with Gasteiger partial charge in [-0.1, -0.05) is 57.6 Å². The summed E-state index contributed by atoms with van der Waals surface area (Å²) in [5.41, 5.74) is 0. The van der Waals surface area contributed by atoms with Gasteiger partial charge >= 0.3 is 5.97 Å². The molecular weight excluding hydrogens is 313 g/mol. The SMILES string of the molecule is CCCCCC/C=C\CCCCCCCC(=O)O.[Y]. The second kappa shape index (κ2) is 18.3. The minimum Gasteiger partial charge on any atom is -0.481 e. The van der Waals surface area contributed by atoms with Crippen molar-refractivity contribution < 1.29 is 42.6 Å². The fourth-order valence-electron chi connectivity index (χ4n) is 1.99. The molecule has 0 aliphatic carbocycles. The summed E-state index contributed by atoms with van der Waals surface area (Å²) in [4.78, 5) is 10.3. The molecule has 0 aromatic rings. The topological polar surface area (TPSA) is 37.3 Å². The zero-order chi connectivity index (χ0) is 13.5. The van der Waals surface area contributed by atoms with E-state index in [-0.39, 0.29) is 32.7 Å². The maximum Gasteiger partial charge on any atom is 0.303 e. The van der Waals surface area contributed by atoms with Crippen molar-refractivity contribution in [3.63, 3.8) is 0 Å². The summed E-state index contributed by atoms with van der Waals surface area (Å²) in [5, 5.41) is 8.48. The number of carboxylic acids is 1. The van der Waals surface area contributed by atoms with Crippen LogP contribution in [0, 0.1) is 0 Å². The molecule has 0 saturated heterocycles. The third kappa shape index (κ3) is 20.8. The van der Waals surface area contributed by atoms with Crippen molar-refractivity contribution in [1.29, 1.82) is 0 Å². The maximum absolute atomic E-state index is 10.3. The van der Waals surface area contributed by atoms with Crippen LogP contribution in [-0.4, -0.2) is 11.1 Å². The van der Waals surface area contributed by atoms with E-state index in [2.05, 4.69) is 19.1 Å². The summed E-state index contributed by atoms with van der Waals surface area (Å²) in [6, 6.07) is 0. The normalized spacial score (nSPS) is 10.6. The van der Waals surface area contributed by atoms with Gasteiger partial charge in [-0.05, 0) is 32.1 Å². The van der Waals surface area contributed by atoms with Crippen LogP contribution in [0.1, 0.15) is 84.0 Å². The van der Waals surface area contributed by atoms with Crippen molar-refractivity contribution in [3.05, 3.63) is 12.2 Å². The Balaban J connectivity index is 0. The van der Waals surface area contributed by atoms with E-state index < -0.39 is 5.97 Å². The molecule has 0 fully saturated rings. The van der Waals surface area contributed by atoms with Gasteiger partial charge in [-0.15, -0.1) is 0 Å². The molecule has 0 aliphatic heterocycles. The monoisotopic (exact) mass is 343 g/mol. The molecule has 0 amide bonds. The predicted molar refractivity (Wildman–Crippen MR) is 77.9 cm³/mol. The van der Waals surface area contributed by atoms with Gasteiger partial charge in [0, 0.05) is 39.1 Å². The van der Waals surface area contributed by atoms with Crippen LogP contribution in [0.5, 0.6) is 0 Å². The molecule has 0 spiro atoms. The largest absolute Gasteiger partial charge is 0.481 e. The summed E-state index contributed by atoms with van der Waals surface area (Å²) in [6.07, 6.45) is 18.3. The third-order valence-electron chi connectivity index (χ3n) is 3.15. The standard InChI is InChI=1S/C16H30O2.Y/c1-2-3-4-5-6-7-8-9-10-11-12-13-14-15-16(17)18;/h7-8H,2-6,9-15H2,1H3,(H,17,18);/b8-7-;.